The van der Waals surface area contributed by atoms with Crippen molar-refractivity contribution < 1.29 is 9.47 Å². The number of fused-ring (bicyclic) bond motifs is 1. The van der Waals surface area contributed by atoms with E-state index >= 15 is 0 Å². The second-order valence-corrected chi connectivity index (χ2v) is 5.45. The van der Waals surface area contributed by atoms with Crippen molar-refractivity contribution in [3.05, 3.63) is 63.2 Å². The number of benzene rings is 2. The molecule has 0 aliphatic rings. The average Bonchev–Trinajstić information content (AvgIpc) is 2.59. The van der Waals surface area contributed by atoms with Gasteiger partial charge in [0.2, 0.25) is 0 Å². The fourth-order valence-electron chi connectivity index (χ4n) is 2.39. The van der Waals surface area contributed by atoms with Gasteiger partial charge < -0.3 is 14.5 Å². The largest absolute Gasteiger partial charge is 0.493 e. The first kappa shape index (κ1) is 16.1. The molecule has 0 aliphatic heterocycles. The third kappa shape index (κ3) is 3.12. The predicted octanol–water partition coefficient (Wildman–Crippen LogP) is 3.76. The summed E-state index contributed by atoms with van der Waals surface area (Å²) in [5.74, 6) is 1.47. The summed E-state index contributed by atoms with van der Waals surface area (Å²) in [5.41, 5.74) is 1.27. The van der Waals surface area contributed by atoms with Crippen molar-refractivity contribution in [2.45, 2.75) is 0 Å². The van der Waals surface area contributed by atoms with Gasteiger partial charge in [-0.25, -0.2) is 4.98 Å². The predicted molar refractivity (Wildman–Crippen MR) is 95.8 cm³/mol. The topological polar surface area (TPSA) is 64.2 Å². The van der Waals surface area contributed by atoms with Crippen molar-refractivity contribution >= 4 is 34.7 Å². The van der Waals surface area contributed by atoms with Gasteiger partial charge in [0.25, 0.3) is 5.56 Å². The van der Waals surface area contributed by atoms with Gasteiger partial charge in [-0.1, -0.05) is 29.8 Å². The lowest BCUT2D eigenvalue weighted by molar-refractivity contribution is 0.355. The third-order valence-corrected chi connectivity index (χ3v) is 3.80. The summed E-state index contributed by atoms with van der Waals surface area (Å²) in [6.45, 7) is 0. The van der Waals surface area contributed by atoms with Crippen molar-refractivity contribution in [1.29, 1.82) is 0 Å². The van der Waals surface area contributed by atoms with Gasteiger partial charge in [0, 0.05) is 0 Å². The molecular formula is C18H15ClN2O3. The number of hydrogen-bond donors (Lipinski definition) is 1. The second-order valence-electron chi connectivity index (χ2n) is 5.04. The van der Waals surface area contributed by atoms with Crippen LogP contribution in [0.5, 0.6) is 11.5 Å². The van der Waals surface area contributed by atoms with E-state index in [1.807, 2.05) is 6.07 Å². The van der Waals surface area contributed by atoms with Crippen molar-refractivity contribution in [3.63, 3.8) is 0 Å². The highest BCUT2D eigenvalue weighted by Gasteiger charge is 2.09. The number of nitrogens with zero attached hydrogens (tertiary/aromatic N) is 1. The molecule has 0 radical (unpaired) electrons. The lowest BCUT2D eigenvalue weighted by Gasteiger charge is -2.10. The van der Waals surface area contributed by atoms with Gasteiger partial charge in [-0.05, 0) is 35.9 Å². The Kier molecular flexibility index (Phi) is 4.53. The molecule has 3 rings (SSSR count). The molecule has 0 amide bonds. The first-order chi connectivity index (χ1) is 11.6. The molecule has 5 nitrogen and oxygen atoms in total. The Labute approximate surface area is 143 Å². The molecule has 1 N–H and O–H groups in total. The summed E-state index contributed by atoms with van der Waals surface area (Å²) in [6, 6.07) is 10.7. The fourth-order valence-corrected chi connectivity index (χ4v) is 2.69. The van der Waals surface area contributed by atoms with Gasteiger partial charge >= 0.3 is 0 Å². The maximum Gasteiger partial charge on any atom is 0.259 e. The molecule has 122 valence electrons. The standard InChI is InChI=1S/C18H15ClN2O3/c1-23-15-10-11(9-13(19)17(15)24-2)7-8-16-20-14-6-4-3-5-12(14)18(22)21-16/h3-10H,1-2H3,(H,20,21,22). The molecule has 0 spiro atoms. The van der Waals surface area contributed by atoms with E-state index in [2.05, 4.69) is 9.97 Å². The Morgan fingerprint density at radius 1 is 1.12 bits per heavy atom. The Morgan fingerprint density at radius 3 is 2.67 bits per heavy atom. The Hall–Kier alpha value is -2.79. The monoisotopic (exact) mass is 342 g/mol. The van der Waals surface area contributed by atoms with Crippen LogP contribution in [0, 0.1) is 0 Å². The Balaban J connectivity index is 1.99. The Bertz CT molecular complexity index is 980. The lowest BCUT2D eigenvalue weighted by Crippen LogP contribution is -2.09. The number of aromatic amines is 1. The van der Waals surface area contributed by atoms with Crippen molar-refractivity contribution in [1.82, 2.24) is 9.97 Å². The maximum absolute atomic E-state index is 12.1. The van der Waals surface area contributed by atoms with E-state index in [0.29, 0.717) is 33.2 Å². The highest BCUT2D eigenvalue weighted by Crippen LogP contribution is 2.36. The van der Waals surface area contributed by atoms with Crippen LogP contribution in [0.15, 0.2) is 41.2 Å². The molecule has 1 heterocycles. The van der Waals surface area contributed by atoms with Crippen LogP contribution < -0.4 is 15.0 Å². The molecule has 0 saturated carbocycles. The zero-order valence-electron chi connectivity index (χ0n) is 13.2. The van der Waals surface area contributed by atoms with Crippen molar-refractivity contribution in [2.75, 3.05) is 14.2 Å². The summed E-state index contributed by atoms with van der Waals surface area (Å²) >= 11 is 6.19. The summed E-state index contributed by atoms with van der Waals surface area (Å²) in [5, 5.41) is 1.00. The minimum atomic E-state index is -0.175. The molecule has 0 fully saturated rings. The zero-order chi connectivity index (χ0) is 17.1. The maximum atomic E-state index is 12.1. The number of H-pyrrole nitrogens is 1. The van der Waals surface area contributed by atoms with Gasteiger partial charge in [-0.15, -0.1) is 0 Å². The normalized spacial score (nSPS) is 11.1. The van der Waals surface area contributed by atoms with Gasteiger partial charge in [0.15, 0.2) is 11.5 Å². The minimum Gasteiger partial charge on any atom is -0.493 e. The van der Waals surface area contributed by atoms with Gasteiger partial charge in [-0.3, -0.25) is 4.79 Å². The van der Waals surface area contributed by atoms with Gasteiger partial charge in [0.05, 0.1) is 30.1 Å². The number of hydrogen-bond acceptors (Lipinski definition) is 4. The molecule has 6 heteroatoms. The van der Waals surface area contributed by atoms with Crippen molar-refractivity contribution in [2.24, 2.45) is 0 Å². The van der Waals surface area contributed by atoms with Crippen LogP contribution in [0.2, 0.25) is 5.02 Å². The van der Waals surface area contributed by atoms with Gasteiger partial charge in [0.1, 0.15) is 5.82 Å². The number of rotatable bonds is 4. The second kappa shape index (κ2) is 6.76. The van der Waals surface area contributed by atoms with Crippen LogP contribution in [0.3, 0.4) is 0 Å². The molecule has 2 aromatic carbocycles. The molecule has 0 atom stereocenters. The van der Waals surface area contributed by atoms with Gasteiger partial charge in [-0.2, -0.15) is 0 Å². The summed E-state index contributed by atoms with van der Waals surface area (Å²) in [6.07, 6.45) is 3.51. The summed E-state index contributed by atoms with van der Waals surface area (Å²) in [4.78, 5) is 19.2. The van der Waals surface area contributed by atoms with Crippen LogP contribution in [-0.4, -0.2) is 24.2 Å². The quantitative estimate of drug-likeness (QED) is 0.784. The first-order valence-corrected chi connectivity index (χ1v) is 7.59. The smallest absolute Gasteiger partial charge is 0.259 e. The van der Waals surface area contributed by atoms with E-state index in [4.69, 9.17) is 21.1 Å². The van der Waals surface area contributed by atoms with Crippen LogP contribution in [0.4, 0.5) is 0 Å². The van der Waals surface area contributed by atoms with E-state index in [-0.39, 0.29) is 5.56 Å². The summed E-state index contributed by atoms with van der Waals surface area (Å²) < 4.78 is 10.5. The molecule has 3 aromatic rings. The number of nitrogens with one attached hydrogen (secondary N) is 1. The Morgan fingerprint density at radius 2 is 1.92 bits per heavy atom. The number of halogens is 1. The van der Waals surface area contributed by atoms with E-state index in [9.17, 15) is 4.79 Å². The molecule has 0 bridgehead atoms. The number of ether oxygens (including phenoxy) is 2. The van der Waals surface area contributed by atoms with Crippen LogP contribution in [0.25, 0.3) is 23.1 Å². The molecule has 0 aliphatic carbocycles. The number of para-hydroxylation sites is 1. The average molecular weight is 343 g/mol. The molecule has 24 heavy (non-hydrogen) atoms. The van der Waals surface area contributed by atoms with Crippen LogP contribution in [-0.2, 0) is 0 Å². The van der Waals surface area contributed by atoms with Crippen LogP contribution >= 0.6 is 11.6 Å². The minimum absolute atomic E-state index is 0.175. The highest BCUT2D eigenvalue weighted by atomic mass is 35.5. The number of methoxy groups -OCH3 is 2. The van der Waals surface area contributed by atoms with E-state index in [0.717, 1.165) is 5.56 Å². The molecule has 0 unspecified atom stereocenters. The SMILES string of the molecule is COc1cc(C=Cc2nc3ccccc3c(=O)[nH]2)cc(Cl)c1OC. The third-order valence-electron chi connectivity index (χ3n) is 3.52. The first-order valence-electron chi connectivity index (χ1n) is 7.21. The molecule has 0 saturated heterocycles. The van der Waals surface area contributed by atoms with Crippen LogP contribution in [0.1, 0.15) is 11.4 Å². The van der Waals surface area contributed by atoms with E-state index < -0.39 is 0 Å². The van der Waals surface area contributed by atoms with E-state index in [1.165, 1.54) is 7.11 Å². The summed E-state index contributed by atoms with van der Waals surface area (Å²) in [7, 11) is 3.08. The molecule has 1 aromatic heterocycles. The number of aromatic nitrogens is 2. The molecular weight excluding hydrogens is 328 g/mol. The zero-order valence-corrected chi connectivity index (χ0v) is 13.9. The lowest BCUT2D eigenvalue weighted by atomic mass is 10.2. The van der Waals surface area contributed by atoms with E-state index in [1.54, 1.807) is 49.6 Å². The highest BCUT2D eigenvalue weighted by molar-refractivity contribution is 6.32. The van der Waals surface area contributed by atoms with Crippen molar-refractivity contribution in [3.8, 4) is 11.5 Å². The fraction of sp³-hybridized carbons (Fsp3) is 0.111.